The third-order valence-electron chi connectivity index (χ3n) is 4.59. The molecule has 3 N–H and O–H groups in total. The van der Waals surface area contributed by atoms with Crippen LogP contribution in [0, 0.1) is 5.92 Å². The Kier molecular flexibility index (Phi) is 5.41. The minimum atomic E-state index is -0.363. The fourth-order valence-electron chi connectivity index (χ4n) is 3.17. The van der Waals surface area contributed by atoms with Crippen molar-refractivity contribution < 1.29 is 4.79 Å². The van der Waals surface area contributed by atoms with Crippen molar-refractivity contribution in [2.45, 2.75) is 44.2 Å². The molecule has 1 heterocycles. The molecule has 1 amide bonds. The van der Waals surface area contributed by atoms with E-state index in [1.165, 1.54) is 5.56 Å². The van der Waals surface area contributed by atoms with Crippen LogP contribution in [0.3, 0.4) is 0 Å². The summed E-state index contributed by atoms with van der Waals surface area (Å²) in [4.78, 5) is 14.6. The van der Waals surface area contributed by atoms with Crippen LogP contribution in [0.2, 0.25) is 0 Å². The largest absolute Gasteiger partial charge is 0.354 e. The van der Waals surface area contributed by atoms with E-state index in [2.05, 4.69) is 27.0 Å². The first-order valence-corrected chi connectivity index (χ1v) is 8.61. The summed E-state index contributed by atoms with van der Waals surface area (Å²) in [5, 5.41) is 7.34. The van der Waals surface area contributed by atoms with E-state index < -0.39 is 0 Å². The molecule has 3 atom stereocenters. The van der Waals surface area contributed by atoms with Gasteiger partial charge in [0.2, 0.25) is 5.91 Å². The Labute approximate surface area is 131 Å². The summed E-state index contributed by atoms with van der Waals surface area (Å²) in [5.74, 6) is 0.0540. The quantitative estimate of drug-likeness (QED) is 0.878. The minimum absolute atomic E-state index is 0.0588. The lowest BCUT2D eigenvalue weighted by Crippen LogP contribution is -2.53. The highest BCUT2D eigenvalue weighted by Crippen LogP contribution is 2.31. The first kappa shape index (κ1) is 16.5. The summed E-state index contributed by atoms with van der Waals surface area (Å²) in [7, 11) is 4.09. The van der Waals surface area contributed by atoms with E-state index >= 15 is 0 Å². The summed E-state index contributed by atoms with van der Waals surface area (Å²) in [6, 6.07) is 2.34. The average Bonchev–Trinajstić information content (AvgIpc) is 2.91. The molecule has 1 aromatic rings. The highest BCUT2D eigenvalue weighted by Gasteiger charge is 2.37. The molecule has 1 aliphatic rings. The maximum atomic E-state index is 12.5. The molecule has 2 rings (SSSR count). The zero-order valence-electron chi connectivity index (χ0n) is 13.3. The number of hydrogen-bond donors (Lipinski definition) is 2. The van der Waals surface area contributed by atoms with Crippen molar-refractivity contribution in [2.75, 3.05) is 20.6 Å². The molecule has 1 saturated carbocycles. The van der Waals surface area contributed by atoms with Crippen molar-refractivity contribution >= 4 is 17.2 Å². The molecule has 118 valence electrons. The Morgan fingerprint density at radius 2 is 2.33 bits per heavy atom. The Morgan fingerprint density at radius 3 is 2.90 bits per heavy atom. The summed E-state index contributed by atoms with van der Waals surface area (Å²) in [5.41, 5.74) is 7.21. The molecule has 0 spiro atoms. The van der Waals surface area contributed by atoms with Crippen LogP contribution < -0.4 is 11.1 Å². The molecule has 5 heteroatoms. The Bertz CT molecular complexity index is 456. The van der Waals surface area contributed by atoms with E-state index in [-0.39, 0.29) is 23.4 Å². The van der Waals surface area contributed by atoms with Gasteiger partial charge in [0.15, 0.2) is 0 Å². The normalized spacial score (nSPS) is 27.6. The van der Waals surface area contributed by atoms with Crippen LogP contribution in [0.5, 0.6) is 0 Å². The lowest BCUT2D eigenvalue weighted by molar-refractivity contribution is -0.128. The molecule has 21 heavy (non-hydrogen) atoms. The predicted molar refractivity (Wildman–Crippen MR) is 88.3 cm³/mol. The fourth-order valence-corrected chi connectivity index (χ4v) is 3.88. The van der Waals surface area contributed by atoms with Crippen molar-refractivity contribution in [1.82, 2.24) is 10.2 Å². The van der Waals surface area contributed by atoms with E-state index in [1.807, 2.05) is 21.0 Å². The van der Waals surface area contributed by atoms with Crippen molar-refractivity contribution in [1.29, 1.82) is 0 Å². The van der Waals surface area contributed by atoms with Crippen LogP contribution in [-0.4, -0.2) is 37.0 Å². The lowest BCUT2D eigenvalue weighted by Gasteiger charge is -2.37. The number of nitrogens with two attached hydrogens (primary N) is 1. The number of likely N-dealkylation sites (N-methyl/N-ethyl adjacent to an activating group) is 1. The summed E-state index contributed by atoms with van der Waals surface area (Å²) < 4.78 is 0. The zero-order valence-corrected chi connectivity index (χ0v) is 14.1. The summed E-state index contributed by atoms with van der Waals surface area (Å²) >= 11 is 1.69. The van der Waals surface area contributed by atoms with Gasteiger partial charge in [-0.05, 0) is 56.3 Å². The van der Waals surface area contributed by atoms with Crippen LogP contribution in [0.15, 0.2) is 16.8 Å². The second kappa shape index (κ2) is 6.90. The second-order valence-corrected chi connectivity index (χ2v) is 7.37. The van der Waals surface area contributed by atoms with Gasteiger partial charge in [0.1, 0.15) is 0 Å². The first-order chi connectivity index (χ1) is 9.92. The number of carbonyl (C=O) groups is 1. The van der Waals surface area contributed by atoms with E-state index in [9.17, 15) is 4.79 Å². The molecule has 0 radical (unpaired) electrons. The predicted octanol–water partition coefficient (Wildman–Crippen LogP) is 2.37. The fraction of sp³-hybridized carbons (Fsp3) is 0.688. The number of hydrogen-bond acceptors (Lipinski definition) is 4. The number of amides is 1. The SMILES string of the molecule is CN(C)C(CNC(=O)C1CCCCC1(C)N)c1ccsc1. The van der Waals surface area contributed by atoms with Gasteiger partial charge >= 0.3 is 0 Å². The molecule has 0 bridgehead atoms. The Morgan fingerprint density at radius 1 is 1.57 bits per heavy atom. The van der Waals surface area contributed by atoms with Crippen molar-refractivity contribution in [2.24, 2.45) is 11.7 Å². The van der Waals surface area contributed by atoms with Crippen molar-refractivity contribution in [3.05, 3.63) is 22.4 Å². The number of nitrogens with zero attached hydrogens (tertiary/aromatic N) is 1. The molecule has 1 aliphatic carbocycles. The maximum Gasteiger partial charge on any atom is 0.225 e. The monoisotopic (exact) mass is 309 g/mol. The van der Waals surface area contributed by atoms with Crippen LogP contribution in [0.25, 0.3) is 0 Å². The molecule has 0 aromatic carbocycles. The standard InChI is InChI=1S/C16H27N3OS/c1-16(17)8-5-4-6-13(16)15(20)18-10-14(19(2)3)12-7-9-21-11-12/h7,9,11,13-14H,4-6,8,10,17H2,1-3H3,(H,18,20). The van der Waals surface area contributed by atoms with Crippen molar-refractivity contribution in [3.8, 4) is 0 Å². The van der Waals surface area contributed by atoms with Gasteiger partial charge in [0, 0.05) is 12.1 Å². The molecule has 0 aliphatic heterocycles. The molecule has 3 unspecified atom stereocenters. The van der Waals surface area contributed by atoms with Crippen LogP contribution in [0.4, 0.5) is 0 Å². The molecule has 1 aromatic heterocycles. The van der Waals surface area contributed by atoms with Gasteiger partial charge in [0.05, 0.1) is 12.0 Å². The third kappa shape index (κ3) is 4.05. The number of rotatable bonds is 5. The molecule has 0 saturated heterocycles. The number of thiophene rings is 1. The second-order valence-electron chi connectivity index (χ2n) is 6.59. The van der Waals surface area contributed by atoms with Gasteiger partial charge in [-0.1, -0.05) is 12.8 Å². The van der Waals surface area contributed by atoms with E-state index in [4.69, 9.17) is 5.73 Å². The Hall–Kier alpha value is -0.910. The molecular formula is C16H27N3OS. The smallest absolute Gasteiger partial charge is 0.225 e. The van der Waals surface area contributed by atoms with Gasteiger partial charge in [0.25, 0.3) is 0 Å². The highest BCUT2D eigenvalue weighted by molar-refractivity contribution is 7.07. The third-order valence-corrected chi connectivity index (χ3v) is 5.29. The van der Waals surface area contributed by atoms with Gasteiger partial charge in [-0.25, -0.2) is 0 Å². The molecule has 1 fully saturated rings. The average molecular weight is 309 g/mol. The molecule has 4 nitrogen and oxygen atoms in total. The topological polar surface area (TPSA) is 58.4 Å². The van der Waals surface area contributed by atoms with Crippen LogP contribution in [-0.2, 0) is 4.79 Å². The van der Waals surface area contributed by atoms with Gasteiger partial charge in [-0.2, -0.15) is 11.3 Å². The van der Waals surface area contributed by atoms with Crippen LogP contribution >= 0.6 is 11.3 Å². The first-order valence-electron chi connectivity index (χ1n) is 7.67. The van der Waals surface area contributed by atoms with Crippen LogP contribution in [0.1, 0.15) is 44.2 Å². The van der Waals surface area contributed by atoms with E-state index in [1.54, 1.807) is 11.3 Å². The zero-order chi connectivity index (χ0) is 15.5. The van der Waals surface area contributed by atoms with Gasteiger partial charge in [-0.15, -0.1) is 0 Å². The van der Waals surface area contributed by atoms with E-state index in [0.717, 1.165) is 25.7 Å². The van der Waals surface area contributed by atoms with Gasteiger partial charge < -0.3 is 16.0 Å². The summed E-state index contributed by atoms with van der Waals surface area (Å²) in [6.45, 7) is 2.65. The Balaban J connectivity index is 1.96. The number of nitrogens with one attached hydrogen (secondary N) is 1. The summed E-state index contributed by atoms with van der Waals surface area (Å²) in [6.07, 6.45) is 4.08. The minimum Gasteiger partial charge on any atom is -0.354 e. The van der Waals surface area contributed by atoms with Crippen molar-refractivity contribution in [3.63, 3.8) is 0 Å². The lowest BCUT2D eigenvalue weighted by atomic mass is 9.74. The highest BCUT2D eigenvalue weighted by atomic mass is 32.1. The number of carbonyl (C=O) groups excluding carboxylic acids is 1. The van der Waals surface area contributed by atoms with Gasteiger partial charge in [-0.3, -0.25) is 4.79 Å². The molecular weight excluding hydrogens is 282 g/mol. The van der Waals surface area contributed by atoms with E-state index in [0.29, 0.717) is 6.54 Å². The maximum absolute atomic E-state index is 12.5.